The summed E-state index contributed by atoms with van der Waals surface area (Å²) in [6.45, 7) is 7.08. The van der Waals surface area contributed by atoms with Crippen molar-refractivity contribution in [2.24, 2.45) is 4.99 Å². The summed E-state index contributed by atoms with van der Waals surface area (Å²) < 4.78 is 5.83. The fraction of sp³-hybridized carbons (Fsp3) is 0.556. The van der Waals surface area contributed by atoms with E-state index in [-0.39, 0.29) is 18.6 Å². The standard InChI is InChI=1S/C18H27ClN4O2/c1-3-20-18(22-13-17(24)23-10-6-7-11-23)21-12-14(2)25-16-9-5-4-8-15(16)19/h4-5,8-9,14H,3,6-7,10-13H2,1-2H3,(H2,20,21,22). The molecule has 1 saturated heterocycles. The molecule has 0 bridgehead atoms. The normalized spacial score (nSPS) is 15.8. The number of benzene rings is 1. The molecule has 1 heterocycles. The lowest BCUT2D eigenvalue weighted by Gasteiger charge is -2.19. The van der Waals surface area contributed by atoms with E-state index in [0.717, 1.165) is 32.5 Å². The second kappa shape index (κ2) is 10.1. The first-order valence-corrected chi connectivity index (χ1v) is 9.19. The number of rotatable bonds is 7. The Kier molecular flexibility index (Phi) is 7.85. The molecular weight excluding hydrogens is 340 g/mol. The third-order valence-corrected chi connectivity index (χ3v) is 4.21. The zero-order valence-electron chi connectivity index (χ0n) is 14.9. The van der Waals surface area contributed by atoms with Gasteiger partial charge >= 0.3 is 0 Å². The molecule has 2 N–H and O–H groups in total. The van der Waals surface area contributed by atoms with Crippen LogP contribution in [0.4, 0.5) is 0 Å². The fourth-order valence-corrected chi connectivity index (χ4v) is 2.77. The van der Waals surface area contributed by atoms with Gasteiger partial charge in [-0.2, -0.15) is 0 Å². The Morgan fingerprint density at radius 3 is 2.72 bits per heavy atom. The van der Waals surface area contributed by atoms with Gasteiger partial charge in [0.1, 0.15) is 18.4 Å². The molecule has 1 unspecified atom stereocenters. The van der Waals surface area contributed by atoms with Gasteiger partial charge in [-0.1, -0.05) is 23.7 Å². The summed E-state index contributed by atoms with van der Waals surface area (Å²) in [6, 6.07) is 7.39. The molecule has 1 amide bonds. The van der Waals surface area contributed by atoms with Crippen molar-refractivity contribution in [3.8, 4) is 5.75 Å². The minimum atomic E-state index is -0.0990. The summed E-state index contributed by atoms with van der Waals surface area (Å²) in [5, 5.41) is 6.94. The summed E-state index contributed by atoms with van der Waals surface area (Å²) in [5.41, 5.74) is 0. The van der Waals surface area contributed by atoms with E-state index in [9.17, 15) is 4.79 Å². The van der Waals surface area contributed by atoms with Gasteiger partial charge in [0.05, 0.1) is 11.6 Å². The van der Waals surface area contributed by atoms with Gasteiger partial charge in [0.25, 0.3) is 0 Å². The van der Waals surface area contributed by atoms with Crippen molar-refractivity contribution < 1.29 is 9.53 Å². The number of hydrogen-bond acceptors (Lipinski definition) is 3. The van der Waals surface area contributed by atoms with Crippen LogP contribution in [0, 0.1) is 0 Å². The van der Waals surface area contributed by atoms with E-state index in [2.05, 4.69) is 15.6 Å². The number of para-hydroxylation sites is 1. The Labute approximate surface area is 154 Å². The van der Waals surface area contributed by atoms with Gasteiger partial charge < -0.3 is 20.3 Å². The lowest BCUT2D eigenvalue weighted by atomic mass is 10.3. The Morgan fingerprint density at radius 2 is 2.04 bits per heavy atom. The minimum absolute atomic E-state index is 0.0788. The van der Waals surface area contributed by atoms with Crippen LogP contribution < -0.4 is 15.4 Å². The average Bonchev–Trinajstić information content (AvgIpc) is 3.14. The van der Waals surface area contributed by atoms with Crippen LogP contribution >= 0.6 is 11.6 Å². The van der Waals surface area contributed by atoms with Crippen molar-refractivity contribution in [2.75, 3.05) is 32.7 Å². The summed E-state index contributed by atoms with van der Waals surface area (Å²) >= 11 is 6.10. The van der Waals surface area contributed by atoms with Crippen LogP contribution in [0.2, 0.25) is 5.02 Å². The predicted molar refractivity (Wildman–Crippen MR) is 101 cm³/mol. The molecule has 138 valence electrons. The number of carbonyl (C=O) groups is 1. The van der Waals surface area contributed by atoms with Crippen LogP contribution in [-0.2, 0) is 4.79 Å². The first-order chi connectivity index (χ1) is 12.1. The van der Waals surface area contributed by atoms with Crippen molar-refractivity contribution in [1.82, 2.24) is 15.5 Å². The van der Waals surface area contributed by atoms with Crippen molar-refractivity contribution in [1.29, 1.82) is 0 Å². The molecule has 0 radical (unpaired) electrons. The average molecular weight is 367 g/mol. The predicted octanol–water partition coefficient (Wildman–Crippen LogP) is 2.28. The van der Waals surface area contributed by atoms with Crippen LogP contribution in [0.5, 0.6) is 5.75 Å². The molecule has 7 heteroatoms. The van der Waals surface area contributed by atoms with Crippen molar-refractivity contribution in [3.63, 3.8) is 0 Å². The number of nitrogens with one attached hydrogen (secondary N) is 2. The van der Waals surface area contributed by atoms with Gasteiger partial charge in [-0.15, -0.1) is 0 Å². The van der Waals surface area contributed by atoms with Gasteiger partial charge in [-0.05, 0) is 38.8 Å². The number of guanidine groups is 1. The zero-order chi connectivity index (χ0) is 18.1. The maximum Gasteiger partial charge on any atom is 0.244 e. The molecule has 25 heavy (non-hydrogen) atoms. The van der Waals surface area contributed by atoms with E-state index in [1.165, 1.54) is 0 Å². The van der Waals surface area contributed by atoms with Gasteiger partial charge in [-0.25, -0.2) is 4.99 Å². The van der Waals surface area contributed by atoms with Gasteiger partial charge in [0.2, 0.25) is 5.91 Å². The molecule has 1 aliphatic heterocycles. The zero-order valence-corrected chi connectivity index (χ0v) is 15.7. The molecule has 1 atom stereocenters. The largest absolute Gasteiger partial charge is 0.487 e. The molecule has 0 saturated carbocycles. The summed E-state index contributed by atoms with van der Waals surface area (Å²) in [6.07, 6.45) is 2.08. The number of hydrogen-bond donors (Lipinski definition) is 2. The molecule has 0 aliphatic carbocycles. The number of likely N-dealkylation sites (tertiary alicyclic amines) is 1. The molecule has 1 aliphatic rings. The first kappa shape index (κ1) is 19.4. The van der Waals surface area contributed by atoms with E-state index in [1.54, 1.807) is 6.07 Å². The van der Waals surface area contributed by atoms with Crippen LogP contribution in [0.25, 0.3) is 0 Å². The Hall–Kier alpha value is -1.95. The summed E-state index contributed by atoms with van der Waals surface area (Å²) in [7, 11) is 0. The maximum absolute atomic E-state index is 12.1. The van der Waals surface area contributed by atoms with Crippen LogP contribution in [0.15, 0.2) is 29.3 Å². The van der Waals surface area contributed by atoms with Crippen molar-refractivity contribution >= 4 is 23.5 Å². The van der Waals surface area contributed by atoms with E-state index in [1.807, 2.05) is 36.9 Å². The van der Waals surface area contributed by atoms with Crippen LogP contribution in [0.1, 0.15) is 26.7 Å². The van der Waals surface area contributed by atoms with Gasteiger partial charge in [0, 0.05) is 19.6 Å². The lowest BCUT2D eigenvalue weighted by Crippen LogP contribution is -2.42. The molecule has 6 nitrogen and oxygen atoms in total. The number of halogens is 1. The highest BCUT2D eigenvalue weighted by atomic mass is 35.5. The highest BCUT2D eigenvalue weighted by molar-refractivity contribution is 6.32. The Bertz CT molecular complexity index is 588. The quantitative estimate of drug-likeness (QED) is 0.574. The number of amides is 1. The Balaban J connectivity index is 1.82. The number of ether oxygens (including phenoxy) is 1. The van der Waals surface area contributed by atoms with Crippen LogP contribution in [-0.4, -0.2) is 55.6 Å². The molecule has 1 aromatic rings. The monoisotopic (exact) mass is 366 g/mol. The van der Waals surface area contributed by atoms with E-state index in [4.69, 9.17) is 16.3 Å². The smallest absolute Gasteiger partial charge is 0.244 e. The molecule has 2 rings (SSSR count). The molecule has 0 spiro atoms. The summed E-state index contributed by atoms with van der Waals surface area (Å²) in [5.74, 6) is 1.35. The second-order valence-corrected chi connectivity index (χ2v) is 6.43. The molecule has 0 aromatic heterocycles. The van der Waals surface area contributed by atoms with E-state index >= 15 is 0 Å². The number of carbonyl (C=O) groups excluding carboxylic acids is 1. The van der Waals surface area contributed by atoms with Gasteiger partial charge in [0.15, 0.2) is 5.96 Å². The minimum Gasteiger partial charge on any atom is -0.487 e. The van der Waals surface area contributed by atoms with Crippen LogP contribution in [0.3, 0.4) is 0 Å². The SMILES string of the molecule is CCNC(=NCC(=O)N1CCCC1)NCC(C)Oc1ccccc1Cl. The molecule has 1 aromatic carbocycles. The highest BCUT2D eigenvalue weighted by Crippen LogP contribution is 2.23. The topological polar surface area (TPSA) is 66.0 Å². The van der Waals surface area contributed by atoms with Crippen molar-refractivity contribution in [2.45, 2.75) is 32.8 Å². The fourth-order valence-electron chi connectivity index (χ4n) is 2.59. The first-order valence-electron chi connectivity index (χ1n) is 8.81. The number of nitrogens with zero attached hydrogens (tertiary/aromatic N) is 2. The highest BCUT2D eigenvalue weighted by Gasteiger charge is 2.17. The molecule has 1 fully saturated rings. The van der Waals surface area contributed by atoms with E-state index < -0.39 is 0 Å². The third kappa shape index (κ3) is 6.46. The third-order valence-electron chi connectivity index (χ3n) is 3.90. The summed E-state index contributed by atoms with van der Waals surface area (Å²) in [4.78, 5) is 18.3. The van der Waals surface area contributed by atoms with Gasteiger partial charge in [-0.3, -0.25) is 4.79 Å². The maximum atomic E-state index is 12.1. The second-order valence-electron chi connectivity index (χ2n) is 6.02. The molecular formula is C18H27ClN4O2. The Morgan fingerprint density at radius 1 is 1.32 bits per heavy atom. The number of aliphatic imine (C=N–C) groups is 1. The lowest BCUT2D eigenvalue weighted by molar-refractivity contribution is -0.128. The van der Waals surface area contributed by atoms with Crippen molar-refractivity contribution in [3.05, 3.63) is 29.3 Å². The van der Waals surface area contributed by atoms with E-state index in [0.29, 0.717) is 23.3 Å².